The van der Waals surface area contributed by atoms with Crippen molar-refractivity contribution in [1.29, 1.82) is 0 Å². The van der Waals surface area contributed by atoms with Crippen molar-refractivity contribution in [2.75, 3.05) is 25.0 Å². The fraction of sp³-hybridized carbons (Fsp3) is 0.259. The second kappa shape index (κ2) is 9.48. The Kier molecular flexibility index (Phi) is 6.36. The Hall–Kier alpha value is -3.56. The minimum Gasteiger partial charge on any atom is -0.324 e. The predicted molar refractivity (Wildman–Crippen MR) is 134 cm³/mol. The maximum atomic E-state index is 13.8. The first-order valence-electron chi connectivity index (χ1n) is 11.8. The van der Waals surface area contributed by atoms with Crippen LogP contribution in [-0.4, -0.2) is 49.1 Å². The molecule has 3 aromatic carbocycles. The van der Waals surface area contributed by atoms with Crippen LogP contribution in [0.4, 0.5) is 10.1 Å². The van der Waals surface area contributed by atoms with Crippen LogP contribution in [0.3, 0.4) is 0 Å². The summed E-state index contributed by atoms with van der Waals surface area (Å²) in [5, 5.41) is 2.87. The van der Waals surface area contributed by atoms with Gasteiger partial charge in [-0.05, 0) is 67.8 Å². The number of benzene rings is 3. The molecule has 2 heterocycles. The van der Waals surface area contributed by atoms with Crippen LogP contribution >= 0.6 is 0 Å². The zero-order chi connectivity index (χ0) is 25.4. The minimum absolute atomic E-state index is 0.130. The number of hydrogen-bond acceptors (Lipinski definition) is 4. The molecule has 0 aliphatic carbocycles. The van der Waals surface area contributed by atoms with Crippen LogP contribution in [0.25, 0.3) is 0 Å². The number of anilines is 1. The van der Waals surface area contributed by atoms with Crippen molar-refractivity contribution in [3.05, 3.63) is 94.8 Å². The van der Waals surface area contributed by atoms with Gasteiger partial charge in [-0.1, -0.05) is 29.8 Å². The van der Waals surface area contributed by atoms with Crippen molar-refractivity contribution >= 4 is 27.5 Å². The quantitative estimate of drug-likeness (QED) is 0.576. The number of nitrogens with one attached hydrogen (secondary N) is 1. The second-order valence-electron chi connectivity index (χ2n) is 9.16. The van der Waals surface area contributed by atoms with Crippen molar-refractivity contribution in [3.63, 3.8) is 0 Å². The van der Waals surface area contributed by atoms with E-state index >= 15 is 0 Å². The Morgan fingerprint density at radius 3 is 2.31 bits per heavy atom. The van der Waals surface area contributed by atoms with E-state index in [1.54, 1.807) is 18.2 Å². The molecule has 0 bridgehead atoms. The van der Waals surface area contributed by atoms with E-state index in [9.17, 15) is 22.4 Å². The molecule has 1 unspecified atom stereocenters. The molecule has 2 aliphatic heterocycles. The first-order valence-corrected chi connectivity index (χ1v) is 13.2. The van der Waals surface area contributed by atoms with Crippen molar-refractivity contribution in [2.45, 2.75) is 30.7 Å². The molecule has 7 nitrogen and oxygen atoms in total. The van der Waals surface area contributed by atoms with Crippen LogP contribution in [0.1, 0.15) is 45.9 Å². The fourth-order valence-corrected chi connectivity index (χ4v) is 6.35. The normalized spacial score (nSPS) is 18.4. The number of fused-ring (bicyclic) bond motifs is 1. The van der Waals surface area contributed by atoms with Gasteiger partial charge in [-0.25, -0.2) is 12.8 Å². The molecule has 3 aromatic rings. The zero-order valence-electron chi connectivity index (χ0n) is 19.8. The van der Waals surface area contributed by atoms with Crippen LogP contribution in [0.5, 0.6) is 0 Å². The van der Waals surface area contributed by atoms with E-state index in [4.69, 9.17) is 0 Å². The van der Waals surface area contributed by atoms with Gasteiger partial charge in [-0.15, -0.1) is 0 Å². The summed E-state index contributed by atoms with van der Waals surface area (Å²) in [4.78, 5) is 28.1. The van der Waals surface area contributed by atoms with E-state index in [1.165, 1.54) is 45.6 Å². The van der Waals surface area contributed by atoms with Crippen molar-refractivity contribution in [2.24, 2.45) is 0 Å². The molecule has 1 atom stereocenters. The van der Waals surface area contributed by atoms with Crippen molar-refractivity contribution < 1.29 is 22.4 Å². The molecule has 36 heavy (non-hydrogen) atoms. The Bertz CT molecular complexity index is 1420. The summed E-state index contributed by atoms with van der Waals surface area (Å²) in [5.74, 6) is -1.19. The molecular weight excluding hydrogens is 481 g/mol. The standard InChI is InChI=1S/C27H26FN3O4S/c1-18-4-13-24-23(16-18)26(19-5-9-21(28)10-6-19)31(17-25(32)29-24)27(33)20-7-11-22(12-8-20)36(34,35)30-14-2-3-15-30/h4-13,16,26H,2-3,14-15,17H2,1H3,(H,29,32). The number of rotatable bonds is 4. The number of carbonyl (C=O) groups is 2. The van der Waals surface area contributed by atoms with Crippen LogP contribution in [0, 0.1) is 12.7 Å². The third-order valence-electron chi connectivity index (χ3n) is 6.65. The maximum Gasteiger partial charge on any atom is 0.255 e. The van der Waals surface area contributed by atoms with Crippen LogP contribution in [0.2, 0.25) is 0 Å². The van der Waals surface area contributed by atoms with Gasteiger partial charge >= 0.3 is 0 Å². The number of carbonyl (C=O) groups excluding carboxylic acids is 2. The van der Waals surface area contributed by atoms with E-state index < -0.39 is 27.8 Å². The highest BCUT2D eigenvalue weighted by molar-refractivity contribution is 7.89. The molecular formula is C27H26FN3O4S. The molecule has 1 N–H and O–H groups in total. The van der Waals surface area contributed by atoms with E-state index in [0.717, 1.165) is 18.4 Å². The van der Waals surface area contributed by atoms with Gasteiger partial charge in [-0.3, -0.25) is 9.59 Å². The second-order valence-corrected chi connectivity index (χ2v) is 11.1. The number of sulfonamides is 1. The van der Waals surface area contributed by atoms with Gasteiger partial charge in [0.2, 0.25) is 15.9 Å². The summed E-state index contributed by atoms with van der Waals surface area (Å²) in [6, 6.07) is 16.6. The highest BCUT2D eigenvalue weighted by Gasteiger charge is 2.34. The van der Waals surface area contributed by atoms with Gasteiger partial charge in [0.25, 0.3) is 5.91 Å². The van der Waals surface area contributed by atoms with E-state index in [0.29, 0.717) is 29.9 Å². The van der Waals surface area contributed by atoms with E-state index in [-0.39, 0.29) is 22.9 Å². The number of amides is 2. The van der Waals surface area contributed by atoms with Crippen molar-refractivity contribution in [3.8, 4) is 0 Å². The van der Waals surface area contributed by atoms with Gasteiger partial charge in [0.05, 0.1) is 10.9 Å². The lowest BCUT2D eigenvalue weighted by atomic mass is 9.94. The summed E-state index contributed by atoms with van der Waals surface area (Å²) in [7, 11) is -3.61. The SMILES string of the molecule is Cc1ccc2c(c1)C(c1ccc(F)cc1)N(C(=O)c1ccc(S(=O)(=O)N3CCCC3)cc1)CC(=O)N2. The minimum atomic E-state index is -3.61. The predicted octanol–water partition coefficient (Wildman–Crippen LogP) is 4.10. The van der Waals surface area contributed by atoms with Crippen LogP contribution in [0.15, 0.2) is 71.6 Å². The van der Waals surface area contributed by atoms with Gasteiger partial charge in [-0.2, -0.15) is 4.31 Å². The molecule has 186 valence electrons. The largest absolute Gasteiger partial charge is 0.324 e. The third-order valence-corrected chi connectivity index (χ3v) is 8.56. The number of aryl methyl sites for hydroxylation is 1. The third kappa shape index (κ3) is 4.52. The average molecular weight is 508 g/mol. The topological polar surface area (TPSA) is 86.8 Å². The Balaban J connectivity index is 1.54. The molecule has 0 saturated carbocycles. The molecule has 2 aliphatic rings. The monoisotopic (exact) mass is 507 g/mol. The molecule has 0 spiro atoms. The molecule has 2 amide bonds. The smallest absolute Gasteiger partial charge is 0.255 e. The molecule has 1 fully saturated rings. The van der Waals surface area contributed by atoms with E-state index in [2.05, 4.69) is 5.32 Å². The number of hydrogen-bond donors (Lipinski definition) is 1. The first-order chi connectivity index (χ1) is 17.2. The summed E-state index contributed by atoms with van der Waals surface area (Å²) in [6.07, 6.45) is 1.66. The van der Waals surface area contributed by atoms with Gasteiger partial charge in [0.15, 0.2) is 0 Å². The van der Waals surface area contributed by atoms with Gasteiger partial charge in [0.1, 0.15) is 12.4 Å². The molecule has 1 saturated heterocycles. The average Bonchev–Trinajstić information content (AvgIpc) is 3.37. The summed E-state index contributed by atoms with van der Waals surface area (Å²) < 4.78 is 40.9. The van der Waals surface area contributed by atoms with E-state index in [1.807, 2.05) is 19.1 Å². The van der Waals surface area contributed by atoms with Crippen LogP contribution in [-0.2, 0) is 14.8 Å². The van der Waals surface area contributed by atoms with Crippen molar-refractivity contribution in [1.82, 2.24) is 9.21 Å². The van der Waals surface area contributed by atoms with Gasteiger partial charge in [0, 0.05) is 29.9 Å². The first kappa shape index (κ1) is 24.1. The molecule has 9 heteroatoms. The zero-order valence-corrected chi connectivity index (χ0v) is 20.6. The molecule has 0 radical (unpaired) electrons. The lowest BCUT2D eigenvalue weighted by Crippen LogP contribution is -2.39. The highest BCUT2D eigenvalue weighted by Crippen LogP contribution is 2.37. The number of nitrogens with zero attached hydrogens (tertiary/aromatic N) is 2. The Morgan fingerprint density at radius 2 is 1.64 bits per heavy atom. The lowest BCUT2D eigenvalue weighted by Gasteiger charge is -2.31. The van der Waals surface area contributed by atoms with Gasteiger partial charge < -0.3 is 10.2 Å². The Labute approximate surface area is 209 Å². The maximum absolute atomic E-state index is 13.8. The number of halogens is 1. The summed E-state index contributed by atoms with van der Waals surface area (Å²) in [6.45, 7) is 2.68. The van der Waals surface area contributed by atoms with Crippen LogP contribution < -0.4 is 5.32 Å². The lowest BCUT2D eigenvalue weighted by molar-refractivity contribution is -0.117. The Morgan fingerprint density at radius 1 is 0.972 bits per heavy atom. The summed E-state index contributed by atoms with van der Waals surface area (Å²) >= 11 is 0. The molecule has 0 aromatic heterocycles. The summed E-state index contributed by atoms with van der Waals surface area (Å²) in [5.41, 5.74) is 3.16. The highest BCUT2D eigenvalue weighted by atomic mass is 32.2. The molecule has 5 rings (SSSR count). The fourth-order valence-electron chi connectivity index (χ4n) is 4.83.